The van der Waals surface area contributed by atoms with E-state index in [0.717, 1.165) is 10.6 Å². The van der Waals surface area contributed by atoms with Crippen molar-refractivity contribution < 1.29 is 4.42 Å². The molecular formula is C13H9N3OS. The number of aromatic nitrogens is 2. The fraction of sp³-hybridized carbons (Fsp3) is 0. The van der Waals surface area contributed by atoms with E-state index < -0.39 is 0 Å². The summed E-state index contributed by atoms with van der Waals surface area (Å²) >= 11 is 1.45. The highest BCUT2D eigenvalue weighted by Crippen LogP contribution is 2.27. The number of furan rings is 1. The van der Waals surface area contributed by atoms with Crippen LogP contribution in [0.25, 0.3) is 10.6 Å². The molecule has 1 aromatic carbocycles. The van der Waals surface area contributed by atoms with Crippen LogP contribution in [0.4, 0.5) is 5.13 Å². The van der Waals surface area contributed by atoms with Gasteiger partial charge in [0.25, 0.3) is 0 Å². The molecule has 0 bridgehead atoms. The number of nitrogens with zero attached hydrogens (tertiary/aromatic N) is 3. The molecule has 0 aliphatic rings. The van der Waals surface area contributed by atoms with Crippen molar-refractivity contribution in [2.45, 2.75) is 0 Å². The minimum atomic E-state index is 0.616. The van der Waals surface area contributed by atoms with Crippen molar-refractivity contribution in [1.82, 2.24) is 10.2 Å². The van der Waals surface area contributed by atoms with E-state index in [1.165, 1.54) is 11.3 Å². The van der Waals surface area contributed by atoms with Crippen LogP contribution >= 0.6 is 11.3 Å². The zero-order valence-electron chi connectivity index (χ0n) is 9.35. The third-order valence-electron chi connectivity index (χ3n) is 2.28. The summed E-state index contributed by atoms with van der Waals surface area (Å²) in [6.07, 6.45) is 3.24. The van der Waals surface area contributed by atoms with E-state index in [2.05, 4.69) is 15.2 Å². The van der Waals surface area contributed by atoms with Gasteiger partial charge in [-0.2, -0.15) is 0 Å². The first-order valence-corrected chi connectivity index (χ1v) is 6.20. The summed E-state index contributed by atoms with van der Waals surface area (Å²) in [6, 6.07) is 13.6. The molecule has 88 valence electrons. The number of rotatable bonds is 3. The lowest BCUT2D eigenvalue weighted by molar-refractivity contribution is 0.560. The minimum Gasteiger partial charge on any atom is -0.463 e. The maximum absolute atomic E-state index is 5.15. The van der Waals surface area contributed by atoms with Crippen molar-refractivity contribution in [3.8, 4) is 10.6 Å². The Morgan fingerprint density at radius 3 is 2.72 bits per heavy atom. The predicted molar refractivity (Wildman–Crippen MR) is 71.3 cm³/mol. The van der Waals surface area contributed by atoms with Crippen LogP contribution in [-0.4, -0.2) is 16.4 Å². The van der Waals surface area contributed by atoms with Crippen LogP contribution in [0.15, 0.2) is 58.1 Å². The van der Waals surface area contributed by atoms with Gasteiger partial charge in [-0.15, -0.1) is 10.2 Å². The van der Waals surface area contributed by atoms with Crippen molar-refractivity contribution in [2.75, 3.05) is 0 Å². The van der Waals surface area contributed by atoms with Gasteiger partial charge in [-0.3, -0.25) is 0 Å². The average Bonchev–Trinajstić information content (AvgIpc) is 3.09. The summed E-state index contributed by atoms with van der Waals surface area (Å²) in [5, 5.41) is 9.61. The highest BCUT2D eigenvalue weighted by molar-refractivity contribution is 7.18. The molecule has 0 saturated carbocycles. The lowest BCUT2D eigenvalue weighted by Crippen LogP contribution is -1.74. The molecule has 3 rings (SSSR count). The molecule has 0 atom stereocenters. The molecule has 2 aromatic heterocycles. The van der Waals surface area contributed by atoms with Gasteiger partial charge >= 0.3 is 0 Å². The van der Waals surface area contributed by atoms with E-state index >= 15 is 0 Å². The molecule has 0 aliphatic heterocycles. The molecule has 2 heterocycles. The van der Waals surface area contributed by atoms with Crippen molar-refractivity contribution in [3.63, 3.8) is 0 Å². The summed E-state index contributed by atoms with van der Waals surface area (Å²) < 4.78 is 5.15. The number of aliphatic imine (C=N–C) groups is 1. The smallest absolute Gasteiger partial charge is 0.232 e. The minimum absolute atomic E-state index is 0.616. The first kappa shape index (κ1) is 10.9. The SMILES string of the molecule is C(=Nc1nnc(-c2ccccc2)s1)c1ccco1. The fourth-order valence-electron chi connectivity index (χ4n) is 1.45. The highest BCUT2D eigenvalue weighted by atomic mass is 32.1. The lowest BCUT2D eigenvalue weighted by atomic mass is 10.2. The van der Waals surface area contributed by atoms with Crippen LogP contribution in [0.5, 0.6) is 0 Å². The zero-order chi connectivity index (χ0) is 12.2. The number of hydrogen-bond donors (Lipinski definition) is 0. The molecule has 0 N–H and O–H groups in total. The molecule has 4 nitrogen and oxygen atoms in total. The Kier molecular flexibility index (Phi) is 2.97. The van der Waals surface area contributed by atoms with Crippen LogP contribution in [0, 0.1) is 0 Å². The average molecular weight is 255 g/mol. The van der Waals surface area contributed by atoms with Crippen LogP contribution in [0.3, 0.4) is 0 Å². The fourth-order valence-corrected chi connectivity index (χ4v) is 2.14. The second-order valence-corrected chi connectivity index (χ2v) is 4.49. The summed E-state index contributed by atoms with van der Waals surface area (Å²) in [4.78, 5) is 4.22. The molecule has 18 heavy (non-hydrogen) atoms. The second kappa shape index (κ2) is 4.93. The van der Waals surface area contributed by atoms with Crippen molar-refractivity contribution in [3.05, 3.63) is 54.5 Å². The van der Waals surface area contributed by atoms with Gasteiger partial charge in [0, 0.05) is 5.56 Å². The quantitative estimate of drug-likeness (QED) is 0.672. The molecule has 0 aliphatic carbocycles. The predicted octanol–water partition coefficient (Wildman–Crippen LogP) is 3.55. The summed E-state index contributed by atoms with van der Waals surface area (Å²) in [7, 11) is 0. The van der Waals surface area contributed by atoms with E-state index in [1.807, 2.05) is 42.5 Å². The number of benzene rings is 1. The Morgan fingerprint density at radius 2 is 1.94 bits per heavy atom. The molecule has 3 aromatic rings. The molecule has 0 radical (unpaired) electrons. The highest BCUT2D eigenvalue weighted by Gasteiger charge is 2.04. The van der Waals surface area contributed by atoms with E-state index in [9.17, 15) is 0 Å². The van der Waals surface area contributed by atoms with E-state index in [-0.39, 0.29) is 0 Å². The van der Waals surface area contributed by atoms with Crippen LogP contribution < -0.4 is 0 Å². The normalized spacial score (nSPS) is 11.1. The van der Waals surface area contributed by atoms with Gasteiger partial charge in [-0.1, -0.05) is 41.7 Å². The van der Waals surface area contributed by atoms with Gasteiger partial charge in [0.05, 0.1) is 12.5 Å². The maximum atomic E-state index is 5.15. The molecule has 5 heteroatoms. The third-order valence-corrected chi connectivity index (χ3v) is 3.16. The summed E-state index contributed by atoms with van der Waals surface area (Å²) in [5.41, 5.74) is 1.05. The monoisotopic (exact) mass is 255 g/mol. The van der Waals surface area contributed by atoms with Gasteiger partial charge in [-0.25, -0.2) is 4.99 Å². The Labute approximate surface area is 108 Å². The third kappa shape index (κ3) is 2.36. The largest absolute Gasteiger partial charge is 0.463 e. The van der Waals surface area contributed by atoms with Crippen LogP contribution in [-0.2, 0) is 0 Å². The van der Waals surface area contributed by atoms with E-state index in [0.29, 0.717) is 10.9 Å². The molecule has 0 saturated heterocycles. The summed E-state index contributed by atoms with van der Waals surface area (Å²) in [5.74, 6) is 0.700. The first-order chi connectivity index (χ1) is 8.92. The van der Waals surface area contributed by atoms with Gasteiger partial charge < -0.3 is 4.42 Å². The first-order valence-electron chi connectivity index (χ1n) is 5.38. The Morgan fingerprint density at radius 1 is 1.06 bits per heavy atom. The van der Waals surface area contributed by atoms with Gasteiger partial charge in [0.15, 0.2) is 0 Å². The van der Waals surface area contributed by atoms with E-state index in [4.69, 9.17) is 4.42 Å². The number of hydrogen-bond acceptors (Lipinski definition) is 5. The molecule has 0 spiro atoms. The Balaban J connectivity index is 1.82. The second-order valence-electron chi connectivity index (χ2n) is 3.53. The standard InChI is InChI=1S/C13H9N3OS/c1-2-5-10(6-3-1)12-15-16-13(18-12)14-9-11-7-4-8-17-11/h1-9H. The van der Waals surface area contributed by atoms with Crippen molar-refractivity contribution in [2.24, 2.45) is 4.99 Å². The van der Waals surface area contributed by atoms with Gasteiger partial charge in [0.2, 0.25) is 5.13 Å². The molecule has 0 fully saturated rings. The van der Waals surface area contributed by atoms with Crippen LogP contribution in [0.2, 0.25) is 0 Å². The Bertz CT molecular complexity index is 644. The molecule has 0 amide bonds. The van der Waals surface area contributed by atoms with Crippen LogP contribution in [0.1, 0.15) is 5.76 Å². The summed E-state index contributed by atoms with van der Waals surface area (Å²) in [6.45, 7) is 0. The van der Waals surface area contributed by atoms with Crippen molar-refractivity contribution in [1.29, 1.82) is 0 Å². The Hall–Kier alpha value is -2.27. The molecule has 0 unspecified atom stereocenters. The lowest BCUT2D eigenvalue weighted by Gasteiger charge is -1.90. The van der Waals surface area contributed by atoms with Gasteiger partial charge in [-0.05, 0) is 12.1 Å². The zero-order valence-corrected chi connectivity index (χ0v) is 10.2. The van der Waals surface area contributed by atoms with E-state index in [1.54, 1.807) is 12.5 Å². The molecular weight excluding hydrogens is 246 g/mol. The van der Waals surface area contributed by atoms with Gasteiger partial charge in [0.1, 0.15) is 10.8 Å². The maximum Gasteiger partial charge on any atom is 0.232 e. The van der Waals surface area contributed by atoms with Crippen molar-refractivity contribution >= 4 is 22.7 Å². The topological polar surface area (TPSA) is 51.3 Å².